The lowest BCUT2D eigenvalue weighted by atomic mass is 10.2. The number of para-hydroxylation sites is 1. The molecule has 0 aliphatic carbocycles. The van der Waals surface area contributed by atoms with Gasteiger partial charge in [-0.05, 0) is 55.5 Å². The standard InChI is InChI=1S/C26H24N2O6/c1-2-31-24-16-20(11-12-23(24)33-14-13-32-22-9-4-3-5-10-22)26(30)34-18-25(29)28-21-8-6-7-19(15-21)17-27/h3-12,15-16H,2,13-14,18H2,1H3,(H,28,29). The molecule has 34 heavy (non-hydrogen) atoms. The van der Waals surface area contributed by atoms with Crippen LogP contribution in [-0.2, 0) is 9.53 Å². The molecule has 0 radical (unpaired) electrons. The second-order valence-corrected chi connectivity index (χ2v) is 6.92. The van der Waals surface area contributed by atoms with Crippen molar-refractivity contribution < 1.29 is 28.5 Å². The predicted molar refractivity (Wildman–Crippen MR) is 125 cm³/mol. The summed E-state index contributed by atoms with van der Waals surface area (Å²) in [5.41, 5.74) is 1.07. The van der Waals surface area contributed by atoms with E-state index in [0.29, 0.717) is 36.0 Å². The van der Waals surface area contributed by atoms with Crippen molar-refractivity contribution >= 4 is 17.6 Å². The summed E-state index contributed by atoms with van der Waals surface area (Å²) >= 11 is 0. The molecular weight excluding hydrogens is 436 g/mol. The molecule has 0 fully saturated rings. The van der Waals surface area contributed by atoms with Crippen LogP contribution in [0.25, 0.3) is 0 Å². The average molecular weight is 460 g/mol. The van der Waals surface area contributed by atoms with E-state index in [2.05, 4.69) is 5.32 Å². The van der Waals surface area contributed by atoms with E-state index in [4.69, 9.17) is 24.2 Å². The Morgan fingerprint density at radius 3 is 2.44 bits per heavy atom. The second kappa shape index (κ2) is 12.5. The Morgan fingerprint density at radius 2 is 1.68 bits per heavy atom. The van der Waals surface area contributed by atoms with E-state index in [1.807, 2.05) is 43.3 Å². The largest absolute Gasteiger partial charge is 0.490 e. The highest BCUT2D eigenvalue weighted by Crippen LogP contribution is 2.29. The molecule has 8 heteroatoms. The minimum atomic E-state index is -0.680. The van der Waals surface area contributed by atoms with Gasteiger partial charge >= 0.3 is 5.97 Å². The molecule has 0 aliphatic heterocycles. The van der Waals surface area contributed by atoms with Crippen molar-refractivity contribution in [3.63, 3.8) is 0 Å². The van der Waals surface area contributed by atoms with E-state index in [-0.39, 0.29) is 12.2 Å². The molecule has 3 aromatic carbocycles. The number of carbonyl (C=O) groups is 2. The van der Waals surface area contributed by atoms with Gasteiger partial charge in [-0.1, -0.05) is 24.3 Å². The molecule has 0 heterocycles. The van der Waals surface area contributed by atoms with Gasteiger partial charge in [0.1, 0.15) is 19.0 Å². The summed E-state index contributed by atoms with van der Waals surface area (Å²) in [6.07, 6.45) is 0. The van der Waals surface area contributed by atoms with Crippen molar-refractivity contribution in [2.24, 2.45) is 0 Å². The first-order valence-corrected chi connectivity index (χ1v) is 10.6. The Balaban J connectivity index is 1.52. The maximum absolute atomic E-state index is 12.4. The van der Waals surface area contributed by atoms with Crippen molar-refractivity contribution in [1.82, 2.24) is 0 Å². The molecule has 0 atom stereocenters. The number of carbonyl (C=O) groups excluding carboxylic acids is 2. The Hall–Kier alpha value is -4.51. The van der Waals surface area contributed by atoms with Crippen LogP contribution in [-0.4, -0.2) is 38.3 Å². The lowest BCUT2D eigenvalue weighted by Crippen LogP contribution is -2.21. The molecule has 1 amide bonds. The number of hydrogen-bond acceptors (Lipinski definition) is 7. The zero-order valence-electron chi connectivity index (χ0n) is 18.7. The van der Waals surface area contributed by atoms with Gasteiger partial charge in [-0.3, -0.25) is 4.79 Å². The quantitative estimate of drug-likeness (QED) is 0.337. The Morgan fingerprint density at radius 1 is 0.882 bits per heavy atom. The molecule has 0 saturated heterocycles. The first-order chi connectivity index (χ1) is 16.6. The first-order valence-electron chi connectivity index (χ1n) is 10.6. The van der Waals surface area contributed by atoms with Crippen LogP contribution in [0.4, 0.5) is 5.69 Å². The maximum Gasteiger partial charge on any atom is 0.338 e. The summed E-state index contributed by atoms with van der Waals surface area (Å²) in [6.45, 7) is 2.34. The molecule has 1 N–H and O–H groups in total. The monoisotopic (exact) mass is 460 g/mol. The minimum Gasteiger partial charge on any atom is -0.490 e. The van der Waals surface area contributed by atoms with Crippen LogP contribution >= 0.6 is 0 Å². The van der Waals surface area contributed by atoms with Gasteiger partial charge in [0.2, 0.25) is 0 Å². The van der Waals surface area contributed by atoms with Crippen molar-refractivity contribution in [2.45, 2.75) is 6.92 Å². The summed E-state index contributed by atoms with van der Waals surface area (Å²) in [5, 5.41) is 11.5. The van der Waals surface area contributed by atoms with E-state index < -0.39 is 18.5 Å². The van der Waals surface area contributed by atoms with Crippen molar-refractivity contribution in [1.29, 1.82) is 5.26 Å². The van der Waals surface area contributed by atoms with Gasteiger partial charge in [0.15, 0.2) is 18.1 Å². The van der Waals surface area contributed by atoms with E-state index >= 15 is 0 Å². The van der Waals surface area contributed by atoms with E-state index in [9.17, 15) is 9.59 Å². The van der Waals surface area contributed by atoms with Crippen molar-refractivity contribution in [2.75, 3.05) is 31.7 Å². The van der Waals surface area contributed by atoms with E-state index in [1.165, 1.54) is 18.2 Å². The predicted octanol–water partition coefficient (Wildman–Crippen LogP) is 4.21. The summed E-state index contributed by atoms with van der Waals surface area (Å²) in [5.74, 6) is 0.392. The third kappa shape index (κ3) is 7.28. The van der Waals surface area contributed by atoms with Crippen LogP contribution in [0.5, 0.6) is 17.2 Å². The fourth-order valence-electron chi connectivity index (χ4n) is 2.93. The van der Waals surface area contributed by atoms with E-state index in [0.717, 1.165) is 5.75 Å². The normalized spacial score (nSPS) is 10.0. The highest BCUT2D eigenvalue weighted by atomic mass is 16.5. The molecule has 3 rings (SSSR count). The molecule has 0 bridgehead atoms. The van der Waals surface area contributed by atoms with Gasteiger partial charge in [0, 0.05) is 5.69 Å². The summed E-state index contributed by atoms with van der Waals surface area (Å²) in [4.78, 5) is 24.5. The number of nitriles is 1. The molecule has 3 aromatic rings. The molecule has 0 aromatic heterocycles. The lowest BCUT2D eigenvalue weighted by Gasteiger charge is -2.14. The van der Waals surface area contributed by atoms with Gasteiger partial charge < -0.3 is 24.3 Å². The third-order valence-electron chi connectivity index (χ3n) is 4.44. The van der Waals surface area contributed by atoms with Crippen molar-refractivity contribution in [3.05, 3.63) is 83.9 Å². The molecule has 0 aliphatic rings. The third-order valence-corrected chi connectivity index (χ3v) is 4.44. The fourth-order valence-corrected chi connectivity index (χ4v) is 2.93. The number of benzene rings is 3. The van der Waals surface area contributed by atoms with Crippen LogP contribution in [0.15, 0.2) is 72.8 Å². The lowest BCUT2D eigenvalue weighted by molar-refractivity contribution is -0.119. The number of ether oxygens (including phenoxy) is 4. The molecular formula is C26H24N2O6. The van der Waals surface area contributed by atoms with Gasteiger partial charge in [0.05, 0.1) is 23.8 Å². The Bertz CT molecular complexity index is 1160. The minimum absolute atomic E-state index is 0.218. The first kappa shape index (κ1) is 24.1. The summed E-state index contributed by atoms with van der Waals surface area (Å²) in [7, 11) is 0. The molecule has 0 saturated carbocycles. The zero-order valence-corrected chi connectivity index (χ0v) is 18.7. The van der Waals surface area contributed by atoms with Gasteiger partial charge in [-0.25, -0.2) is 4.79 Å². The van der Waals surface area contributed by atoms with Crippen molar-refractivity contribution in [3.8, 4) is 23.3 Å². The second-order valence-electron chi connectivity index (χ2n) is 6.92. The highest BCUT2D eigenvalue weighted by Gasteiger charge is 2.15. The summed E-state index contributed by atoms with van der Waals surface area (Å²) in [6, 6.07) is 22.5. The summed E-state index contributed by atoms with van der Waals surface area (Å²) < 4.78 is 22.0. The van der Waals surface area contributed by atoms with Crippen LogP contribution in [0, 0.1) is 11.3 Å². The average Bonchev–Trinajstić information content (AvgIpc) is 2.86. The SMILES string of the molecule is CCOc1cc(C(=O)OCC(=O)Nc2cccc(C#N)c2)ccc1OCCOc1ccccc1. The number of esters is 1. The maximum atomic E-state index is 12.4. The van der Waals surface area contributed by atoms with Crippen LogP contribution < -0.4 is 19.5 Å². The number of nitrogens with zero attached hydrogens (tertiary/aromatic N) is 1. The number of nitrogens with one attached hydrogen (secondary N) is 1. The highest BCUT2D eigenvalue weighted by molar-refractivity contribution is 5.95. The van der Waals surface area contributed by atoms with Crippen LogP contribution in [0.2, 0.25) is 0 Å². The zero-order chi connectivity index (χ0) is 24.2. The number of anilines is 1. The van der Waals surface area contributed by atoms with Gasteiger partial charge in [-0.15, -0.1) is 0 Å². The van der Waals surface area contributed by atoms with Gasteiger partial charge in [0.25, 0.3) is 5.91 Å². The Kier molecular flexibility index (Phi) is 8.88. The number of hydrogen-bond donors (Lipinski definition) is 1. The number of rotatable bonds is 11. The molecule has 174 valence electrons. The molecule has 0 spiro atoms. The number of amides is 1. The topological polar surface area (TPSA) is 107 Å². The van der Waals surface area contributed by atoms with Crippen LogP contribution in [0.3, 0.4) is 0 Å². The smallest absolute Gasteiger partial charge is 0.338 e. The van der Waals surface area contributed by atoms with Crippen LogP contribution in [0.1, 0.15) is 22.8 Å². The molecule has 8 nitrogen and oxygen atoms in total. The fraction of sp³-hybridized carbons (Fsp3) is 0.192. The Labute approximate surface area is 197 Å². The van der Waals surface area contributed by atoms with Gasteiger partial charge in [-0.2, -0.15) is 5.26 Å². The van der Waals surface area contributed by atoms with E-state index in [1.54, 1.807) is 24.3 Å². The molecule has 0 unspecified atom stereocenters.